The van der Waals surface area contributed by atoms with Crippen molar-refractivity contribution in [3.63, 3.8) is 0 Å². The van der Waals surface area contributed by atoms with E-state index in [0.29, 0.717) is 11.2 Å². The molecule has 1 aromatic rings. The van der Waals surface area contributed by atoms with Crippen molar-refractivity contribution in [2.75, 3.05) is 31.6 Å². The van der Waals surface area contributed by atoms with E-state index in [-0.39, 0.29) is 0 Å². The molecular formula is C11H17ClN4. The van der Waals surface area contributed by atoms with Gasteiger partial charge in [-0.3, -0.25) is 0 Å². The lowest BCUT2D eigenvalue weighted by Gasteiger charge is -2.21. The minimum atomic E-state index is 0.325. The van der Waals surface area contributed by atoms with Crippen LogP contribution in [-0.4, -0.2) is 36.6 Å². The Morgan fingerprint density at radius 2 is 2.38 bits per heavy atom. The summed E-state index contributed by atoms with van der Waals surface area (Å²) >= 11 is 5.85. The van der Waals surface area contributed by atoms with Crippen molar-refractivity contribution in [1.82, 2.24) is 15.3 Å². The first-order valence-corrected chi connectivity index (χ1v) is 5.96. The third kappa shape index (κ3) is 2.83. The van der Waals surface area contributed by atoms with Gasteiger partial charge in [0.05, 0.1) is 0 Å². The van der Waals surface area contributed by atoms with Gasteiger partial charge in [-0.2, -0.15) is 0 Å². The van der Waals surface area contributed by atoms with Crippen LogP contribution in [0.1, 0.15) is 12.1 Å². The fourth-order valence-corrected chi connectivity index (χ4v) is 2.28. The Kier molecular flexibility index (Phi) is 3.61. The van der Waals surface area contributed by atoms with E-state index in [4.69, 9.17) is 11.6 Å². The fourth-order valence-electron chi connectivity index (χ4n) is 2.06. The van der Waals surface area contributed by atoms with E-state index in [9.17, 15) is 0 Å². The second kappa shape index (κ2) is 4.97. The third-order valence-electron chi connectivity index (χ3n) is 2.90. The molecule has 0 bridgehead atoms. The predicted molar refractivity (Wildman–Crippen MR) is 66.0 cm³/mol. The van der Waals surface area contributed by atoms with Gasteiger partial charge in [0.25, 0.3) is 0 Å². The predicted octanol–water partition coefficient (Wildman–Crippen LogP) is 1.48. The Labute approximate surface area is 101 Å². The maximum atomic E-state index is 5.85. The molecular weight excluding hydrogens is 224 g/mol. The number of nitrogens with one attached hydrogen (secondary N) is 1. The van der Waals surface area contributed by atoms with Gasteiger partial charge in [-0.15, -0.1) is 0 Å². The van der Waals surface area contributed by atoms with Gasteiger partial charge >= 0.3 is 0 Å². The van der Waals surface area contributed by atoms with Crippen molar-refractivity contribution in [3.8, 4) is 0 Å². The summed E-state index contributed by atoms with van der Waals surface area (Å²) in [6.45, 7) is 5.17. The van der Waals surface area contributed by atoms with Crippen molar-refractivity contribution in [1.29, 1.82) is 0 Å². The van der Waals surface area contributed by atoms with Crippen LogP contribution in [0.5, 0.6) is 0 Å². The van der Waals surface area contributed by atoms with Crippen molar-refractivity contribution >= 4 is 17.4 Å². The summed E-state index contributed by atoms with van der Waals surface area (Å²) in [5, 5.41) is 3.69. The average molecular weight is 241 g/mol. The van der Waals surface area contributed by atoms with Gasteiger partial charge in [0, 0.05) is 25.4 Å². The van der Waals surface area contributed by atoms with Gasteiger partial charge < -0.3 is 10.2 Å². The molecule has 0 saturated carbocycles. The Balaban J connectivity index is 2.04. The number of aryl methyl sites for hydroxylation is 1. The van der Waals surface area contributed by atoms with Gasteiger partial charge in [-0.1, -0.05) is 0 Å². The van der Waals surface area contributed by atoms with Crippen LogP contribution >= 0.6 is 11.6 Å². The van der Waals surface area contributed by atoms with E-state index in [1.54, 1.807) is 0 Å². The maximum absolute atomic E-state index is 5.85. The number of anilines is 1. The number of rotatable bonds is 3. The lowest BCUT2D eigenvalue weighted by Crippen LogP contribution is -2.27. The molecule has 1 aliphatic rings. The highest BCUT2D eigenvalue weighted by Crippen LogP contribution is 2.17. The molecule has 88 valence electrons. The van der Waals surface area contributed by atoms with Crippen molar-refractivity contribution in [2.24, 2.45) is 5.92 Å². The molecule has 1 atom stereocenters. The van der Waals surface area contributed by atoms with E-state index in [1.807, 2.05) is 13.0 Å². The van der Waals surface area contributed by atoms with Crippen LogP contribution in [0.2, 0.25) is 5.28 Å². The summed E-state index contributed by atoms with van der Waals surface area (Å²) in [6.07, 6.45) is 1.24. The van der Waals surface area contributed by atoms with Crippen LogP contribution < -0.4 is 10.2 Å². The van der Waals surface area contributed by atoms with Gasteiger partial charge in [0.15, 0.2) is 0 Å². The minimum Gasteiger partial charge on any atom is -0.359 e. The molecule has 0 amide bonds. The highest BCUT2D eigenvalue weighted by Gasteiger charge is 2.17. The molecule has 1 saturated heterocycles. The molecule has 4 nitrogen and oxygen atoms in total. The molecule has 0 spiro atoms. The molecule has 5 heteroatoms. The highest BCUT2D eigenvalue weighted by atomic mass is 35.5. The van der Waals surface area contributed by atoms with Gasteiger partial charge in [0.2, 0.25) is 5.28 Å². The molecule has 2 heterocycles. The molecule has 0 radical (unpaired) electrons. The van der Waals surface area contributed by atoms with Crippen LogP contribution in [0.15, 0.2) is 6.07 Å². The summed E-state index contributed by atoms with van der Waals surface area (Å²) in [4.78, 5) is 10.5. The standard InChI is InChI=1S/C11H17ClN4/c1-8-5-10(15-11(12)14-8)16(2)7-9-3-4-13-6-9/h5,9,13H,3-4,6-7H2,1-2H3/t9-/m1/s1. The lowest BCUT2D eigenvalue weighted by atomic mass is 10.1. The number of hydrogen-bond donors (Lipinski definition) is 1. The topological polar surface area (TPSA) is 41.0 Å². The highest BCUT2D eigenvalue weighted by molar-refractivity contribution is 6.28. The van der Waals surface area contributed by atoms with Crippen LogP contribution in [0.25, 0.3) is 0 Å². The molecule has 0 aliphatic carbocycles. The van der Waals surface area contributed by atoms with Crippen LogP contribution in [0.4, 0.5) is 5.82 Å². The maximum Gasteiger partial charge on any atom is 0.224 e. The second-order valence-electron chi connectivity index (χ2n) is 4.38. The summed E-state index contributed by atoms with van der Waals surface area (Å²) in [5.74, 6) is 1.61. The van der Waals surface area contributed by atoms with Crippen molar-refractivity contribution in [3.05, 3.63) is 17.0 Å². The Morgan fingerprint density at radius 1 is 1.56 bits per heavy atom. The summed E-state index contributed by atoms with van der Waals surface area (Å²) in [5.41, 5.74) is 0.909. The summed E-state index contributed by atoms with van der Waals surface area (Å²) in [6, 6.07) is 1.97. The van der Waals surface area contributed by atoms with Crippen molar-refractivity contribution < 1.29 is 0 Å². The SMILES string of the molecule is Cc1cc(N(C)C[C@@H]2CCNC2)nc(Cl)n1. The zero-order chi connectivity index (χ0) is 11.5. The van der Waals surface area contributed by atoms with E-state index < -0.39 is 0 Å². The van der Waals surface area contributed by atoms with Crippen LogP contribution in [0, 0.1) is 12.8 Å². The molecule has 1 aliphatic heterocycles. The zero-order valence-electron chi connectivity index (χ0n) is 9.70. The average Bonchev–Trinajstić information content (AvgIpc) is 2.68. The van der Waals surface area contributed by atoms with E-state index >= 15 is 0 Å². The molecule has 16 heavy (non-hydrogen) atoms. The number of halogens is 1. The first kappa shape index (κ1) is 11.6. The molecule has 0 unspecified atom stereocenters. The largest absolute Gasteiger partial charge is 0.359 e. The molecule has 1 fully saturated rings. The van der Waals surface area contributed by atoms with Gasteiger partial charge in [-0.05, 0) is 44.0 Å². The van der Waals surface area contributed by atoms with Gasteiger partial charge in [0.1, 0.15) is 5.82 Å². The smallest absolute Gasteiger partial charge is 0.224 e. The molecule has 2 rings (SSSR count). The number of nitrogens with zero attached hydrogens (tertiary/aromatic N) is 3. The van der Waals surface area contributed by atoms with Crippen molar-refractivity contribution in [2.45, 2.75) is 13.3 Å². The molecule has 0 aromatic carbocycles. The monoisotopic (exact) mass is 240 g/mol. The van der Waals surface area contributed by atoms with E-state index in [1.165, 1.54) is 6.42 Å². The Bertz CT molecular complexity index is 343. The third-order valence-corrected chi connectivity index (χ3v) is 3.07. The minimum absolute atomic E-state index is 0.325. The van der Waals surface area contributed by atoms with E-state index in [0.717, 1.165) is 31.1 Å². The van der Waals surface area contributed by atoms with E-state index in [2.05, 4.69) is 27.2 Å². The quantitative estimate of drug-likeness (QED) is 0.813. The Hall–Kier alpha value is -0.870. The fraction of sp³-hybridized carbons (Fsp3) is 0.636. The lowest BCUT2D eigenvalue weighted by molar-refractivity contribution is 0.575. The van der Waals surface area contributed by atoms with Crippen LogP contribution in [0.3, 0.4) is 0 Å². The summed E-state index contributed by atoms with van der Waals surface area (Å²) < 4.78 is 0. The summed E-state index contributed by atoms with van der Waals surface area (Å²) in [7, 11) is 2.05. The number of aromatic nitrogens is 2. The Morgan fingerprint density at radius 3 is 3.00 bits per heavy atom. The molecule has 1 aromatic heterocycles. The normalized spacial score (nSPS) is 20.1. The number of hydrogen-bond acceptors (Lipinski definition) is 4. The second-order valence-corrected chi connectivity index (χ2v) is 4.71. The van der Waals surface area contributed by atoms with Crippen LogP contribution in [-0.2, 0) is 0 Å². The zero-order valence-corrected chi connectivity index (χ0v) is 10.5. The molecule has 1 N–H and O–H groups in total. The first-order valence-electron chi connectivity index (χ1n) is 5.58. The van der Waals surface area contributed by atoms with Gasteiger partial charge in [-0.25, -0.2) is 9.97 Å². The first-order chi connectivity index (χ1) is 7.65.